The topological polar surface area (TPSA) is 92.6 Å². The maximum absolute atomic E-state index is 11.8. The number of carbonyl (C=O) groups excluding carboxylic acids is 1. The van der Waals surface area contributed by atoms with Crippen molar-refractivity contribution in [3.05, 3.63) is 36.2 Å². The van der Waals surface area contributed by atoms with Gasteiger partial charge >= 0.3 is 5.97 Å². The van der Waals surface area contributed by atoms with Gasteiger partial charge in [0.25, 0.3) is 5.91 Å². The van der Waals surface area contributed by atoms with Gasteiger partial charge in [-0.15, -0.1) is 0 Å². The van der Waals surface area contributed by atoms with Gasteiger partial charge in [0.15, 0.2) is 18.2 Å². The van der Waals surface area contributed by atoms with Gasteiger partial charge in [0.1, 0.15) is 6.54 Å². The van der Waals surface area contributed by atoms with E-state index in [1.165, 1.54) is 0 Å². The van der Waals surface area contributed by atoms with Gasteiger partial charge in [-0.2, -0.15) is 0 Å². The molecule has 0 radical (unpaired) electrons. The van der Waals surface area contributed by atoms with Crippen molar-refractivity contribution in [1.29, 1.82) is 0 Å². The molecule has 0 spiro atoms. The van der Waals surface area contributed by atoms with Gasteiger partial charge in [0.2, 0.25) is 0 Å². The smallest absolute Gasteiger partial charge is 0.323 e. The Kier molecular flexibility index (Phi) is 3.46. The first-order chi connectivity index (χ1) is 10.5. The van der Waals surface area contributed by atoms with Crippen molar-refractivity contribution in [2.45, 2.75) is 6.92 Å². The van der Waals surface area contributed by atoms with Crippen LogP contribution in [0.25, 0.3) is 11.3 Å². The molecule has 1 aliphatic heterocycles. The van der Waals surface area contributed by atoms with Gasteiger partial charge in [0, 0.05) is 18.0 Å². The Morgan fingerprint density at radius 1 is 1.41 bits per heavy atom. The van der Waals surface area contributed by atoms with Gasteiger partial charge in [-0.05, 0) is 30.7 Å². The first-order valence-corrected chi connectivity index (χ1v) is 6.62. The molecule has 3 rings (SSSR count). The van der Waals surface area contributed by atoms with Crippen LogP contribution in [0.1, 0.15) is 5.56 Å². The zero-order chi connectivity index (χ0) is 15.7. The summed E-state index contributed by atoms with van der Waals surface area (Å²) in [6, 6.07) is 5.51. The fourth-order valence-corrected chi connectivity index (χ4v) is 2.21. The van der Waals surface area contributed by atoms with E-state index >= 15 is 0 Å². The second-order valence-electron chi connectivity index (χ2n) is 4.93. The average molecular weight is 299 g/mol. The highest BCUT2D eigenvalue weighted by Crippen LogP contribution is 2.33. The van der Waals surface area contributed by atoms with E-state index in [0.29, 0.717) is 5.75 Å². The van der Waals surface area contributed by atoms with Gasteiger partial charge in [0.05, 0.1) is 5.69 Å². The van der Waals surface area contributed by atoms with Crippen molar-refractivity contribution >= 4 is 17.7 Å². The summed E-state index contributed by atoms with van der Waals surface area (Å²) in [4.78, 5) is 32.2. The van der Waals surface area contributed by atoms with Crippen molar-refractivity contribution < 1.29 is 19.4 Å². The third kappa shape index (κ3) is 2.60. The van der Waals surface area contributed by atoms with Crippen molar-refractivity contribution in [3.8, 4) is 17.0 Å². The summed E-state index contributed by atoms with van der Waals surface area (Å²) < 4.78 is 5.37. The number of hydrogen-bond donors (Lipinski definition) is 1. The van der Waals surface area contributed by atoms with Crippen LogP contribution in [0.15, 0.2) is 30.6 Å². The molecule has 2 aromatic rings. The zero-order valence-electron chi connectivity index (χ0n) is 11.8. The maximum atomic E-state index is 11.8. The summed E-state index contributed by atoms with van der Waals surface area (Å²) >= 11 is 0. The molecule has 7 nitrogen and oxygen atoms in total. The number of amides is 1. The number of hydrogen-bond acceptors (Lipinski definition) is 5. The van der Waals surface area contributed by atoms with E-state index in [-0.39, 0.29) is 12.4 Å². The number of aromatic nitrogens is 2. The highest BCUT2D eigenvalue weighted by molar-refractivity contribution is 6.00. The zero-order valence-corrected chi connectivity index (χ0v) is 11.8. The maximum Gasteiger partial charge on any atom is 0.323 e. The van der Waals surface area contributed by atoms with E-state index in [1.54, 1.807) is 18.5 Å². The third-order valence-electron chi connectivity index (χ3n) is 3.25. The number of rotatable bonds is 3. The van der Waals surface area contributed by atoms with Gasteiger partial charge in [-0.1, -0.05) is 0 Å². The molecule has 1 aliphatic rings. The van der Waals surface area contributed by atoms with Crippen LogP contribution in [-0.2, 0) is 9.59 Å². The SMILES string of the molecule is Cc1ccnc(-c2cnc3c(c2)OCC(=O)N3CC(=O)O)c1. The van der Waals surface area contributed by atoms with Crippen molar-refractivity contribution in [1.82, 2.24) is 9.97 Å². The Balaban J connectivity index is 2.00. The number of fused-ring (bicyclic) bond motifs is 1. The number of pyridine rings is 2. The number of aryl methyl sites for hydroxylation is 1. The molecular formula is C15H13N3O4. The van der Waals surface area contributed by atoms with Crippen LogP contribution >= 0.6 is 0 Å². The van der Waals surface area contributed by atoms with Crippen molar-refractivity contribution in [2.75, 3.05) is 18.1 Å². The predicted octanol–water partition coefficient (Wildman–Crippen LogP) is 1.26. The van der Waals surface area contributed by atoms with Crippen LogP contribution in [-0.4, -0.2) is 40.1 Å². The Morgan fingerprint density at radius 2 is 2.23 bits per heavy atom. The van der Waals surface area contributed by atoms with E-state index in [0.717, 1.165) is 21.7 Å². The monoisotopic (exact) mass is 299 g/mol. The van der Waals surface area contributed by atoms with Crippen LogP contribution in [0.4, 0.5) is 5.82 Å². The number of carboxylic acids is 1. The Hall–Kier alpha value is -2.96. The highest BCUT2D eigenvalue weighted by Gasteiger charge is 2.29. The number of aliphatic carboxylic acids is 1. The average Bonchev–Trinajstić information content (AvgIpc) is 2.49. The normalized spacial score (nSPS) is 13.5. The largest absolute Gasteiger partial charge is 0.480 e. The molecule has 112 valence electrons. The minimum absolute atomic E-state index is 0.202. The number of ether oxygens (including phenoxy) is 1. The molecule has 0 unspecified atom stereocenters. The standard InChI is InChI=1S/C15H13N3O4/c1-9-2-3-16-11(4-9)10-5-12-15(17-6-10)18(7-14(20)21)13(19)8-22-12/h2-6H,7-8H2,1H3,(H,20,21). The van der Waals surface area contributed by atoms with E-state index in [9.17, 15) is 9.59 Å². The molecule has 0 saturated heterocycles. The molecule has 1 amide bonds. The Morgan fingerprint density at radius 3 is 2.95 bits per heavy atom. The van der Waals surface area contributed by atoms with E-state index in [1.807, 2.05) is 19.1 Å². The first kappa shape index (κ1) is 14.0. The minimum atomic E-state index is -1.10. The van der Waals surface area contributed by atoms with Gasteiger partial charge < -0.3 is 9.84 Å². The Bertz CT molecular complexity index is 760. The molecule has 0 aliphatic carbocycles. The molecule has 3 heterocycles. The molecule has 1 N–H and O–H groups in total. The van der Waals surface area contributed by atoms with Crippen LogP contribution in [0.3, 0.4) is 0 Å². The van der Waals surface area contributed by atoms with Gasteiger partial charge in [-0.3, -0.25) is 19.5 Å². The van der Waals surface area contributed by atoms with Crippen molar-refractivity contribution in [3.63, 3.8) is 0 Å². The molecule has 0 fully saturated rings. The fourth-order valence-electron chi connectivity index (χ4n) is 2.21. The third-order valence-corrected chi connectivity index (χ3v) is 3.25. The second-order valence-corrected chi connectivity index (χ2v) is 4.93. The summed E-state index contributed by atoms with van der Waals surface area (Å²) in [5.41, 5.74) is 2.54. The lowest BCUT2D eigenvalue weighted by atomic mass is 10.1. The molecule has 0 aromatic carbocycles. The highest BCUT2D eigenvalue weighted by atomic mass is 16.5. The van der Waals surface area contributed by atoms with Crippen molar-refractivity contribution in [2.24, 2.45) is 0 Å². The van der Waals surface area contributed by atoms with E-state index in [2.05, 4.69) is 9.97 Å². The number of carboxylic acid groups (broad SMARTS) is 1. The molecule has 7 heteroatoms. The summed E-state index contributed by atoms with van der Waals surface area (Å²) in [5.74, 6) is -0.937. The quantitative estimate of drug-likeness (QED) is 0.917. The lowest BCUT2D eigenvalue weighted by molar-refractivity contribution is -0.137. The minimum Gasteiger partial charge on any atom is -0.480 e. The van der Waals surface area contributed by atoms with Crippen LogP contribution in [0, 0.1) is 6.92 Å². The molecule has 0 atom stereocenters. The molecule has 0 saturated carbocycles. The lowest BCUT2D eigenvalue weighted by Crippen LogP contribution is -2.42. The number of anilines is 1. The summed E-state index contributed by atoms with van der Waals surface area (Å²) in [5, 5.41) is 8.90. The van der Waals surface area contributed by atoms with E-state index in [4.69, 9.17) is 9.84 Å². The molecule has 0 bridgehead atoms. The van der Waals surface area contributed by atoms with E-state index < -0.39 is 18.4 Å². The van der Waals surface area contributed by atoms with Crippen LogP contribution < -0.4 is 9.64 Å². The summed E-state index contributed by atoms with van der Waals surface area (Å²) in [6.07, 6.45) is 3.25. The summed E-state index contributed by atoms with van der Waals surface area (Å²) in [7, 11) is 0. The predicted molar refractivity (Wildman–Crippen MR) is 77.7 cm³/mol. The van der Waals surface area contributed by atoms with Crippen LogP contribution in [0.5, 0.6) is 5.75 Å². The molecule has 22 heavy (non-hydrogen) atoms. The molecule has 2 aromatic heterocycles. The number of nitrogens with zero attached hydrogens (tertiary/aromatic N) is 3. The fraction of sp³-hybridized carbons (Fsp3) is 0.200. The number of carbonyl (C=O) groups is 2. The first-order valence-electron chi connectivity index (χ1n) is 6.62. The molecular weight excluding hydrogens is 286 g/mol. The lowest BCUT2D eigenvalue weighted by Gasteiger charge is -2.27. The van der Waals surface area contributed by atoms with Crippen LogP contribution in [0.2, 0.25) is 0 Å². The summed E-state index contributed by atoms with van der Waals surface area (Å²) in [6.45, 7) is 1.32. The Labute approximate surface area is 126 Å². The van der Waals surface area contributed by atoms with Gasteiger partial charge in [-0.25, -0.2) is 4.98 Å². The second kappa shape index (κ2) is 5.44.